The van der Waals surface area contributed by atoms with Crippen molar-refractivity contribution in [3.05, 3.63) is 29.8 Å². The lowest BCUT2D eigenvalue weighted by Gasteiger charge is -2.28. The largest absolute Gasteiger partial charge is 0.343 e. The van der Waals surface area contributed by atoms with Crippen LogP contribution >= 0.6 is 0 Å². The van der Waals surface area contributed by atoms with Gasteiger partial charge in [0.25, 0.3) is 0 Å². The number of rotatable bonds is 4. The molecule has 1 fully saturated rings. The number of hydrogen-bond acceptors (Lipinski definition) is 3. The lowest BCUT2D eigenvalue weighted by molar-refractivity contribution is -0.131. The molecule has 116 valence electrons. The van der Waals surface area contributed by atoms with E-state index in [1.165, 1.54) is 13.3 Å². The Morgan fingerprint density at radius 2 is 2.00 bits per heavy atom. The van der Waals surface area contributed by atoms with Crippen LogP contribution in [0.25, 0.3) is 0 Å². The highest BCUT2D eigenvalue weighted by Crippen LogP contribution is 2.17. The fourth-order valence-electron chi connectivity index (χ4n) is 2.72. The number of amides is 2. The monoisotopic (exact) mass is 299 g/mol. The summed E-state index contributed by atoms with van der Waals surface area (Å²) in [4.78, 5) is 27.5. The Hall–Kier alpha value is -2.35. The number of nitriles is 1. The first-order chi connectivity index (χ1) is 10.6. The van der Waals surface area contributed by atoms with Crippen molar-refractivity contribution < 1.29 is 9.59 Å². The van der Waals surface area contributed by atoms with Crippen LogP contribution in [0.15, 0.2) is 24.3 Å². The van der Waals surface area contributed by atoms with E-state index in [9.17, 15) is 9.59 Å². The number of carbonyl (C=O) groups excluding carboxylic acids is 2. The molecule has 5 nitrogen and oxygen atoms in total. The molecule has 0 bridgehead atoms. The average Bonchev–Trinajstić information content (AvgIpc) is 2.55. The van der Waals surface area contributed by atoms with Crippen molar-refractivity contribution in [1.29, 1.82) is 5.26 Å². The second-order valence-electron chi connectivity index (χ2n) is 5.52. The molecule has 5 heteroatoms. The summed E-state index contributed by atoms with van der Waals surface area (Å²) in [5.41, 5.74) is 1.17. The van der Waals surface area contributed by atoms with Crippen LogP contribution in [0, 0.1) is 11.3 Å². The zero-order chi connectivity index (χ0) is 15.9. The van der Waals surface area contributed by atoms with Crippen LogP contribution in [0.2, 0.25) is 0 Å². The van der Waals surface area contributed by atoms with E-state index in [-0.39, 0.29) is 11.8 Å². The molecule has 2 rings (SSSR count). The normalized spacial score (nSPS) is 14.3. The van der Waals surface area contributed by atoms with Crippen molar-refractivity contribution in [3.63, 3.8) is 0 Å². The third-order valence-corrected chi connectivity index (χ3v) is 3.93. The van der Waals surface area contributed by atoms with Gasteiger partial charge in [0.05, 0.1) is 11.6 Å². The maximum atomic E-state index is 12.2. The van der Waals surface area contributed by atoms with Gasteiger partial charge < -0.3 is 9.80 Å². The number of anilines is 1. The summed E-state index contributed by atoms with van der Waals surface area (Å²) >= 11 is 0. The Morgan fingerprint density at radius 3 is 2.64 bits per heavy atom. The summed E-state index contributed by atoms with van der Waals surface area (Å²) in [5, 5.41) is 8.96. The van der Waals surface area contributed by atoms with E-state index in [1.807, 2.05) is 4.90 Å². The molecule has 1 aromatic rings. The molecule has 0 spiro atoms. The Balaban J connectivity index is 2.01. The first kappa shape index (κ1) is 16.0. The fourth-order valence-corrected chi connectivity index (χ4v) is 2.72. The topological polar surface area (TPSA) is 64.4 Å². The van der Waals surface area contributed by atoms with E-state index in [2.05, 4.69) is 6.07 Å². The minimum absolute atomic E-state index is 0.0994. The summed E-state index contributed by atoms with van der Waals surface area (Å²) in [6, 6.07) is 8.96. The van der Waals surface area contributed by atoms with Crippen LogP contribution in [0.4, 0.5) is 5.69 Å². The quantitative estimate of drug-likeness (QED) is 0.857. The Kier molecular flexibility index (Phi) is 5.54. The van der Waals surface area contributed by atoms with Crippen molar-refractivity contribution in [1.82, 2.24) is 4.90 Å². The number of likely N-dealkylation sites (tertiary alicyclic amines) is 1. The van der Waals surface area contributed by atoms with Crippen LogP contribution in [0.1, 0.15) is 38.2 Å². The van der Waals surface area contributed by atoms with Crippen molar-refractivity contribution in [3.8, 4) is 6.07 Å². The van der Waals surface area contributed by atoms with Crippen molar-refractivity contribution in [2.75, 3.05) is 24.5 Å². The second-order valence-corrected chi connectivity index (χ2v) is 5.52. The predicted molar refractivity (Wildman–Crippen MR) is 84.2 cm³/mol. The first-order valence-corrected chi connectivity index (χ1v) is 7.68. The molecule has 0 radical (unpaired) electrons. The van der Waals surface area contributed by atoms with E-state index in [1.54, 1.807) is 29.2 Å². The van der Waals surface area contributed by atoms with Gasteiger partial charge >= 0.3 is 0 Å². The Bertz CT molecular complexity index is 586. The molecular formula is C17H21N3O2. The Morgan fingerprint density at radius 1 is 1.27 bits per heavy atom. The molecule has 0 N–H and O–H groups in total. The molecular weight excluding hydrogens is 278 g/mol. The van der Waals surface area contributed by atoms with Gasteiger partial charge in [0.1, 0.15) is 0 Å². The average molecular weight is 299 g/mol. The van der Waals surface area contributed by atoms with Crippen molar-refractivity contribution >= 4 is 17.5 Å². The summed E-state index contributed by atoms with van der Waals surface area (Å²) < 4.78 is 0. The fraction of sp³-hybridized carbons (Fsp3) is 0.471. The molecule has 2 amide bonds. The van der Waals surface area contributed by atoms with Gasteiger partial charge in [-0.1, -0.05) is 6.07 Å². The van der Waals surface area contributed by atoms with Crippen molar-refractivity contribution in [2.45, 2.75) is 32.6 Å². The van der Waals surface area contributed by atoms with Gasteiger partial charge in [-0.2, -0.15) is 5.26 Å². The molecule has 1 aromatic carbocycles. The third kappa shape index (κ3) is 4.08. The summed E-state index contributed by atoms with van der Waals surface area (Å²) in [5.74, 6) is -0.0241. The minimum Gasteiger partial charge on any atom is -0.343 e. The van der Waals surface area contributed by atoms with Gasteiger partial charge in [0, 0.05) is 38.7 Å². The Labute approximate surface area is 131 Å². The summed E-state index contributed by atoms with van der Waals surface area (Å²) in [6.07, 6.45) is 3.62. The van der Waals surface area contributed by atoms with Crippen molar-refractivity contribution in [2.24, 2.45) is 0 Å². The molecule has 1 aliphatic heterocycles. The van der Waals surface area contributed by atoms with Crippen LogP contribution in [-0.2, 0) is 9.59 Å². The lowest BCUT2D eigenvalue weighted by Crippen LogP contribution is -2.38. The highest BCUT2D eigenvalue weighted by molar-refractivity contribution is 5.92. The standard InChI is InChI=1S/C17H21N3O2/c1-14(21)20(16-7-5-6-15(12-16)13-18)11-8-17(22)19-9-3-2-4-10-19/h5-7,12H,2-4,8-11H2,1H3. The highest BCUT2D eigenvalue weighted by atomic mass is 16.2. The molecule has 1 saturated heterocycles. The van der Waals surface area contributed by atoms with E-state index in [0.717, 1.165) is 25.9 Å². The molecule has 0 unspecified atom stereocenters. The molecule has 0 atom stereocenters. The van der Waals surface area contributed by atoms with E-state index in [0.29, 0.717) is 24.2 Å². The lowest BCUT2D eigenvalue weighted by atomic mass is 10.1. The second kappa shape index (κ2) is 7.60. The van der Waals surface area contributed by atoms with E-state index < -0.39 is 0 Å². The van der Waals surface area contributed by atoms with E-state index >= 15 is 0 Å². The zero-order valence-electron chi connectivity index (χ0n) is 12.9. The van der Waals surface area contributed by atoms with Gasteiger partial charge in [-0.15, -0.1) is 0 Å². The first-order valence-electron chi connectivity index (χ1n) is 7.68. The predicted octanol–water partition coefficient (Wildman–Crippen LogP) is 2.31. The summed E-state index contributed by atoms with van der Waals surface area (Å²) in [7, 11) is 0. The van der Waals surface area contributed by atoms with Gasteiger partial charge in [0.2, 0.25) is 11.8 Å². The SMILES string of the molecule is CC(=O)N(CCC(=O)N1CCCCC1)c1cccc(C#N)c1. The molecule has 1 aliphatic rings. The van der Waals surface area contributed by atoms with Crippen LogP contribution < -0.4 is 4.90 Å². The maximum absolute atomic E-state index is 12.2. The number of nitrogens with zero attached hydrogens (tertiary/aromatic N) is 3. The number of benzene rings is 1. The summed E-state index contributed by atoms with van der Waals surface area (Å²) in [6.45, 7) is 3.47. The van der Waals surface area contributed by atoms with Crippen LogP contribution in [0.3, 0.4) is 0 Å². The van der Waals surface area contributed by atoms with Gasteiger partial charge in [-0.25, -0.2) is 0 Å². The highest BCUT2D eigenvalue weighted by Gasteiger charge is 2.19. The van der Waals surface area contributed by atoms with Crippen LogP contribution in [-0.4, -0.2) is 36.3 Å². The molecule has 22 heavy (non-hydrogen) atoms. The number of carbonyl (C=O) groups is 2. The maximum Gasteiger partial charge on any atom is 0.224 e. The number of piperidine rings is 1. The molecule has 1 heterocycles. The zero-order valence-corrected chi connectivity index (χ0v) is 12.9. The van der Waals surface area contributed by atoms with Crippen LogP contribution in [0.5, 0.6) is 0 Å². The minimum atomic E-state index is -0.124. The molecule has 0 aromatic heterocycles. The molecule has 0 saturated carbocycles. The van der Waals surface area contributed by atoms with Gasteiger partial charge in [-0.05, 0) is 37.5 Å². The van der Waals surface area contributed by atoms with E-state index in [4.69, 9.17) is 5.26 Å². The smallest absolute Gasteiger partial charge is 0.224 e. The molecule has 0 aliphatic carbocycles. The number of hydrogen-bond donors (Lipinski definition) is 0. The van der Waals surface area contributed by atoms with Gasteiger partial charge in [0.15, 0.2) is 0 Å². The third-order valence-electron chi connectivity index (χ3n) is 3.93. The van der Waals surface area contributed by atoms with Gasteiger partial charge in [-0.3, -0.25) is 9.59 Å².